The number of carbonyl (C=O) groups is 3. The summed E-state index contributed by atoms with van der Waals surface area (Å²) in [6, 6.07) is 19.5. The molecule has 2 aromatic carbocycles. The summed E-state index contributed by atoms with van der Waals surface area (Å²) in [4.78, 5) is 42.6. The Labute approximate surface area is 227 Å². The molecule has 0 bridgehead atoms. The van der Waals surface area contributed by atoms with Crippen molar-refractivity contribution in [1.82, 2.24) is 9.88 Å². The molecule has 0 radical (unpaired) electrons. The Morgan fingerprint density at radius 2 is 1.62 bits per heavy atom. The molecule has 9 nitrogen and oxygen atoms in total. The fraction of sp³-hybridized carbons (Fsp3) is 0.333. The molecule has 1 heterocycles. The Morgan fingerprint density at radius 1 is 0.974 bits per heavy atom. The van der Waals surface area contributed by atoms with Gasteiger partial charge in [0.2, 0.25) is 0 Å². The largest absolute Gasteiger partial charge is 0.481 e. The van der Waals surface area contributed by atoms with E-state index in [0.717, 1.165) is 22.3 Å². The van der Waals surface area contributed by atoms with E-state index < -0.39 is 23.8 Å². The summed E-state index contributed by atoms with van der Waals surface area (Å²) in [5.41, 5.74) is 4.57. The van der Waals surface area contributed by atoms with Crippen molar-refractivity contribution < 1.29 is 29.0 Å². The highest BCUT2D eigenvalue weighted by molar-refractivity contribution is 5.85. The number of rotatable bonds is 9. The van der Waals surface area contributed by atoms with Crippen molar-refractivity contribution in [3.63, 3.8) is 0 Å². The minimum atomic E-state index is -0.951. The van der Waals surface area contributed by atoms with Crippen LogP contribution in [0.2, 0.25) is 0 Å². The summed E-state index contributed by atoms with van der Waals surface area (Å²) >= 11 is 0. The van der Waals surface area contributed by atoms with Crippen molar-refractivity contribution in [2.24, 2.45) is 0 Å². The molecular formula is C30H33N3O6. The molecule has 2 amide bonds. The second-order valence-corrected chi connectivity index (χ2v) is 10.3. The molecule has 1 aliphatic rings. The molecule has 204 valence electrons. The topological polar surface area (TPSA) is 118 Å². The Balaban J connectivity index is 1.50. The van der Waals surface area contributed by atoms with Gasteiger partial charge in [0.05, 0.1) is 17.9 Å². The van der Waals surface area contributed by atoms with Crippen LogP contribution in [-0.4, -0.2) is 51.9 Å². The fourth-order valence-electron chi connectivity index (χ4n) is 4.61. The molecule has 0 atom stereocenters. The summed E-state index contributed by atoms with van der Waals surface area (Å²) in [5, 5.41) is 11.8. The van der Waals surface area contributed by atoms with Crippen molar-refractivity contribution in [2.45, 2.75) is 51.7 Å². The van der Waals surface area contributed by atoms with Crippen LogP contribution in [0.3, 0.4) is 0 Å². The van der Waals surface area contributed by atoms with E-state index in [0.29, 0.717) is 11.4 Å². The minimum absolute atomic E-state index is 0.0161. The maximum Gasteiger partial charge on any atom is 0.412 e. The molecule has 0 aliphatic heterocycles. The molecule has 1 aliphatic carbocycles. The SMILES string of the molecule is CC(C)(C)OC(=O)Nc1cccnc1CN(CCCC(=O)O)C(=O)OCC1c2ccccc2-c2ccccc21. The first kappa shape index (κ1) is 27.6. The lowest BCUT2D eigenvalue weighted by Gasteiger charge is -2.24. The van der Waals surface area contributed by atoms with Gasteiger partial charge in [0.25, 0.3) is 0 Å². The Bertz CT molecular complexity index is 1300. The Hall–Kier alpha value is -4.40. The van der Waals surface area contributed by atoms with Crippen LogP contribution in [0.15, 0.2) is 66.9 Å². The van der Waals surface area contributed by atoms with Crippen molar-refractivity contribution >= 4 is 23.8 Å². The number of aromatic nitrogens is 1. The second kappa shape index (κ2) is 12.0. The maximum atomic E-state index is 13.3. The summed E-state index contributed by atoms with van der Waals surface area (Å²) in [6.45, 7) is 5.58. The molecule has 9 heteroatoms. The highest BCUT2D eigenvalue weighted by atomic mass is 16.6. The standard InChI is InChI=1S/C30H33N3O6/c1-30(2,3)39-28(36)32-25-14-8-16-31-26(25)18-33(17-9-15-27(34)35)29(37)38-19-24-22-12-6-4-10-20(22)21-11-5-7-13-23(21)24/h4-8,10-14,16,24H,9,15,17-19H2,1-3H3,(H,32,36)(H,34,35). The minimum Gasteiger partial charge on any atom is -0.481 e. The van der Waals surface area contributed by atoms with E-state index in [9.17, 15) is 14.4 Å². The van der Waals surface area contributed by atoms with Gasteiger partial charge in [0.15, 0.2) is 0 Å². The number of nitrogens with one attached hydrogen (secondary N) is 1. The number of benzene rings is 2. The number of anilines is 1. The predicted octanol–water partition coefficient (Wildman–Crippen LogP) is 6.04. The molecule has 0 spiro atoms. The van der Waals surface area contributed by atoms with Crippen LogP contribution >= 0.6 is 0 Å². The highest BCUT2D eigenvalue weighted by Crippen LogP contribution is 2.44. The van der Waals surface area contributed by atoms with Gasteiger partial charge in [-0.25, -0.2) is 9.59 Å². The molecule has 2 N–H and O–H groups in total. The molecular weight excluding hydrogens is 498 g/mol. The first-order valence-corrected chi connectivity index (χ1v) is 12.9. The van der Waals surface area contributed by atoms with Crippen LogP contribution < -0.4 is 5.32 Å². The van der Waals surface area contributed by atoms with Gasteiger partial charge in [-0.1, -0.05) is 48.5 Å². The summed E-state index contributed by atoms with van der Waals surface area (Å²) < 4.78 is 11.2. The first-order valence-electron chi connectivity index (χ1n) is 12.9. The number of hydrogen-bond acceptors (Lipinski definition) is 6. The van der Waals surface area contributed by atoms with Crippen molar-refractivity contribution in [3.05, 3.63) is 83.7 Å². The third kappa shape index (κ3) is 7.13. The van der Waals surface area contributed by atoms with E-state index in [-0.39, 0.29) is 38.5 Å². The molecule has 0 saturated heterocycles. The molecule has 39 heavy (non-hydrogen) atoms. The summed E-state index contributed by atoms with van der Waals surface area (Å²) in [5.74, 6) is -1.06. The number of aliphatic carboxylic acids is 1. The van der Waals surface area contributed by atoms with Crippen LogP contribution in [0.5, 0.6) is 0 Å². The van der Waals surface area contributed by atoms with E-state index in [4.69, 9.17) is 14.6 Å². The van der Waals surface area contributed by atoms with Crippen LogP contribution in [0.1, 0.15) is 56.4 Å². The van der Waals surface area contributed by atoms with Crippen molar-refractivity contribution in [3.8, 4) is 11.1 Å². The van der Waals surface area contributed by atoms with Crippen LogP contribution in [0.4, 0.5) is 15.3 Å². The van der Waals surface area contributed by atoms with Gasteiger partial charge in [0, 0.05) is 25.1 Å². The first-order chi connectivity index (χ1) is 18.6. The lowest BCUT2D eigenvalue weighted by atomic mass is 9.98. The smallest absolute Gasteiger partial charge is 0.412 e. The third-order valence-electron chi connectivity index (χ3n) is 6.28. The predicted molar refractivity (Wildman–Crippen MR) is 146 cm³/mol. The average molecular weight is 532 g/mol. The van der Waals surface area contributed by atoms with Gasteiger partial charge in [0.1, 0.15) is 12.2 Å². The number of carboxylic acids is 1. The van der Waals surface area contributed by atoms with Crippen LogP contribution in [-0.2, 0) is 20.8 Å². The normalized spacial score (nSPS) is 12.3. The van der Waals surface area contributed by atoms with Gasteiger partial charge in [-0.15, -0.1) is 0 Å². The summed E-state index contributed by atoms with van der Waals surface area (Å²) in [7, 11) is 0. The number of nitrogens with zero attached hydrogens (tertiary/aromatic N) is 2. The van der Waals surface area contributed by atoms with E-state index in [1.807, 2.05) is 36.4 Å². The number of fused-ring (bicyclic) bond motifs is 3. The zero-order valence-electron chi connectivity index (χ0n) is 22.3. The van der Waals surface area contributed by atoms with Gasteiger partial charge < -0.3 is 19.5 Å². The number of amides is 2. The lowest BCUT2D eigenvalue weighted by Crippen LogP contribution is -2.34. The maximum absolute atomic E-state index is 13.3. The molecule has 3 aromatic rings. The molecule has 4 rings (SSSR count). The lowest BCUT2D eigenvalue weighted by molar-refractivity contribution is -0.137. The quantitative estimate of drug-likeness (QED) is 0.345. The van der Waals surface area contributed by atoms with Gasteiger partial charge >= 0.3 is 18.2 Å². The zero-order valence-corrected chi connectivity index (χ0v) is 22.3. The number of pyridine rings is 1. The monoisotopic (exact) mass is 531 g/mol. The Kier molecular flexibility index (Phi) is 8.49. The van der Waals surface area contributed by atoms with E-state index in [1.165, 1.54) is 4.90 Å². The zero-order chi connectivity index (χ0) is 28.0. The molecule has 0 fully saturated rings. The molecule has 0 saturated carbocycles. The highest BCUT2D eigenvalue weighted by Gasteiger charge is 2.30. The average Bonchev–Trinajstić information content (AvgIpc) is 3.20. The van der Waals surface area contributed by atoms with E-state index in [2.05, 4.69) is 22.4 Å². The van der Waals surface area contributed by atoms with E-state index >= 15 is 0 Å². The van der Waals surface area contributed by atoms with Gasteiger partial charge in [-0.05, 0) is 61.6 Å². The van der Waals surface area contributed by atoms with E-state index in [1.54, 1.807) is 39.1 Å². The number of carbonyl (C=O) groups excluding carboxylic acids is 2. The molecule has 0 unspecified atom stereocenters. The van der Waals surface area contributed by atoms with Crippen molar-refractivity contribution in [1.29, 1.82) is 0 Å². The van der Waals surface area contributed by atoms with Crippen LogP contribution in [0.25, 0.3) is 11.1 Å². The fourth-order valence-corrected chi connectivity index (χ4v) is 4.61. The summed E-state index contributed by atoms with van der Waals surface area (Å²) in [6.07, 6.45) is 0.467. The van der Waals surface area contributed by atoms with Gasteiger partial charge in [-0.3, -0.25) is 15.1 Å². The number of carboxylic acid groups (broad SMARTS) is 1. The van der Waals surface area contributed by atoms with Gasteiger partial charge in [-0.2, -0.15) is 0 Å². The van der Waals surface area contributed by atoms with Crippen LogP contribution in [0, 0.1) is 0 Å². The molecule has 1 aromatic heterocycles. The Morgan fingerprint density at radius 3 is 2.23 bits per heavy atom. The van der Waals surface area contributed by atoms with Crippen molar-refractivity contribution in [2.75, 3.05) is 18.5 Å². The number of ether oxygens (including phenoxy) is 2. The third-order valence-corrected chi connectivity index (χ3v) is 6.28. The second-order valence-electron chi connectivity index (χ2n) is 10.3. The number of hydrogen-bond donors (Lipinski definition) is 2.